The summed E-state index contributed by atoms with van der Waals surface area (Å²) in [5.74, 6) is 0.223. The summed E-state index contributed by atoms with van der Waals surface area (Å²) in [5.41, 5.74) is 2.03. The molecule has 1 fully saturated rings. The van der Waals surface area contributed by atoms with E-state index in [-0.39, 0.29) is 11.9 Å². The Morgan fingerprint density at radius 2 is 1.62 bits per heavy atom. The Hall–Kier alpha value is -2.17. The van der Waals surface area contributed by atoms with Crippen LogP contribution < -0.4 is 5.32 Å². The molecule has 4 heteroatoms. The van der Waals surface area contributed by atoms with E-state index in [1.165, 1.54) is 0 Å². The van der Waals surface area contributed by atoms with Gasteiger partial charge in [-0.05, 0) is 17.5 Å². The molecule has 0 spiro atoms. The fraction of sp³-hybridized carbons (Fsp3) is 0.350. The zero-order chi connectivity index (χ0) is 16.8. The molecule has 1 amide bonds. The molecular weight excluding hydrogens is 300 g/mol. The van der Waals surface area contributed by atoms with Crippen LogP contribution in [0.2, 0.25) is 0 Å². The molecule has 4 nitrogen and oxygen atoms in total. The molecule has 2 atom stereocenters. The summed E-state index contributed by atoms with van der Waals surface area (Å²) in [4.78, 5) is 13.9. The zero-order valence-electron chi connectivity index (χ0n) is 13.8. The topological polar surface area (TPSA) is 52.6 Å². The summed E-state index contributed by atoms with van der Waals surface area (Å²) in [6, 6.07) is 19.8. The van der Waals surface area contributed by atoms with Gasteiger partial charge < -0.3 is 15.3 Å². The molecule has 0 saturated carbocycles. The van der Waals surface area contributed by atoms with E-state index in [2.05, 4.69) is 17.4 Å². The number of aliphatic hydroxyl groups is 1. The summed E-state index contributed by atoms with van der Waals surface area (Å²) in [6.45, 7) is 1.92. The van der Waals surface area contributed by atoms with Gasteiger partial charge in [-0.25, -0.2) is 0 Å². The Labute approximate surface area is 143 Å². The van der Waals surface area contributed by atoms with E-state index in [1.54, 1.807) is 0 Å². The molecule has 2 N–H and O–H groups in total. The number of carbonyl (C=O) groups is 1. The standard InChI is InChI=1S/C20H24N2O2/c23-19(17-10-5-2-6-11-17)14-21-18(16-8-3-1-4-9-16)15-22-13-7-12-20(22)24/h1-6,8-11,18-19,21,23H,7,12-15H2. The summed E-state index contributed by atoms with van der Waals surface area (Å²) < 4.78 is 0. The number of hydrogen-bond donors (Lipinski definition) is 2. The second-order valence-electron chi connectivity index (χ2n) is 6.24. The predicted molar refractivity (Wildman–Crippen MR) is 94.4 cm³/mol. The molecule has 0 bridgehead atoms. The molecule has 2 aromatic rings. The van der Waals surface area contributed by atoms with E-state index in [0.717, 1.165) is 24.1 Å². The first-order valence-corrected chi connectivity index (χ1v) is 8.53. The quantitative estimate of drug-likeness (QED) is 0.823. The van der Waals surface area contributed by atoms with Crippen LogP contribution in [-0.2, 0) is 4.79 Å². The second-order valence-corrected chi connectivity index (χ2v) is 6.24. The minimum absolute atomic E-state index is 0.0200. The first-order valence-electron chi connectivity index (χ1n) is 8.53. The lowest BCUT2D eigenvalue weighted by Crippen LogP contribution is -2.37. The number of amides is 1. The van der Waals surface area contributed by atoms with E-state index in [9.17, 15) is 9.90 Å². The van der Waals surface area contributed by atoms with Gasteiger partial charge in [0.25, 0.3) is 0 Å². The number of likely N-dealkylation sites (tertiary alicyclic amines) is 1. The number of benzene rings is 2. The number of hydrogen-bond acceptors (Lipinski definition) is 3. The lowest BCUT2D eigenvalue weighted by Gasteiger charge is -2.26. The molecule has 1 aliphatic rings. The largest absolute Gasteiger partial charge is 0.387 e. The van der Waals surface area contributed by atoms with Crippen LogP contribution in [0.1, 0.15) is 36.1 Å². The maximum Gasteiger partial charge on any atom is 0.222 e. The summed E-state index contributed by atoms with van der Waals surface area (Å²) in [6.07, 6.45) is 1.02. The molecule has 1 saturated heterocycles. The van der Waals surface area contributed by atoms with Gasteiger partial charge in [-0.3, -0.25) is 4.79 Å². The minimum Gasteiger partial charge on any atom is -0.387 e. The average Bonchev–Trinajstić information content (AvgIpc) is 3.04. The molecule has 2 unspecified atom stereocenters. The van der Waals surface area contributed by atoms with Crippen LogP contribution in [-0.4, -0.2) is 35.5 Å². The van der Waals surface area contributed by atoms with Crippen molar-refractivity contribution >= 4 is 5.91 Å². The third kappa shape index (κ3) is 4.22. The number of nitrogens with one attached hydrogen (secondary N) is 1. The van der Waals surface area contributed by atoms with Crippen molar-refractivity contribution in [2.24, 2.45) is 0 Å². The fourth-order valence-electron chi connectivity index (χ4n) is 3.14. The molecule has 0 aliphatic carbocycles. The van der Waals surface area contributed by atoms with Crippen LogP contribution in [0, 0.1) is 0 Å². The zero-order valence-corrected chi connectivity index (χ0v) is 13.8. The minimum atomic E-state index is -0.563. The molecule has 0 radical (unpaired) electrons. The highest BCUT2D eigenvalue weighted by Gasteiger charge is 2.24. The smallest absolute Gasteiger partial charge is 0.222 e. The Balaban J connectivity index is 1.67. The van der Waals surface area contributed by atoms with E-state index < -0.39 is 6.10 Å². The number of aliphatic hydroxyl groups excluding tert-OH is 1. The molecular formula is C20H24N2O2. The van der Waals surface area contributed by atoms with Gasteiger partial charge in [0, 0.05) is 32.1 Å². The van der Waals surface area contributed by atoms with Gasteiger partial charge in [0.05, 0.1) is 6.10 Å². The van der Waals surface area contributed by atoms with Gasteiger partial charge in [-0.15, -0.1) is 0 Å². The summed E-state index contributed by atoms with van der Waals surface area (Å²) in [5, 5.41) is 13.8. The number of nitrogens with zero attached hydrogens (tertiary/aromatic N) is 1. The van der Waals surface area contributed by atoms with Crippen LogP contribution in [0.25, 0.3) is 0 Å². The lowest BCUT2D eigenvalue weighted by molar-refractivity contribution is -0.128. The molecule has 3 rings (SSSR count). The number of carbonyl (C=O) groups excluding carboxylic acids is 1. The monoisotopic (exact) mass is 324 g/mol. The highest BCUT2D eigenvalue weighted by Crippen LogP contribution is 2.20. The molecule has 24 heavy (non-hydrogen) atoms. The third-order valence-corrected chi connectivity index (χ3v) is 4.52. The van der Waals surface area contributed by atoms with Crippen molar-refractivity contribution in [1.29, 1.82) is 0 Å². The van der Waals surface area contributed by atoms with Crippen LogP contribution in [0.15, 0.2) is 60.7 Å². The normalized spacial score (nSPS) is 17.0. The first-order chi connectivity index (χ1) is 11.7. The van der Waals surface area contributed by atoms with Crippen LogP contribution in [0.5, 0.6) is 0 Å². The van der Waals surface area contributed by atoms with Gasteiger partial charge in [-0.2, -0.15) is 0 Å². The Kier molecular flexibility index (Phi) is 5.62. The highest BCUT2D eigenvalue weighted by molar-refractivity contribution is 5.78. The molecule has 2 aromatic carbocycles. The van der Waals surface area contributed by atoms with E-state index in [0.29, 0.717) is 19.5 Å². The molecule has 1 heterocycles. The highest BCUT2D eigenvalue weighted by atomic mass is 16.3. The van der Waals surface area contributed by atoms with Crippen LogP contribution >= 0.6 is 0 Å². The van der Waals surface area contributed by atoms with E-state index >= 15 is 0 Å². The maximum absolute atomic E-state index is 11.9. The summed E-state index contributed by atoms with van der Waals surface area (Å²) in [7, 11) is 0. The van der Waals surface area contributed by atoms with Crippen molar-refractivity contribution < 1.29 is 9.90 Å². The predicted octanol–water partition coefficient (Wildman–Crippen LogP) is 2.67. The van der Waals surface area contributed by atoms with Crippen molar-refractivity contribution in [2.45, 2.75) is 25.0 Å². The van der Waals surface area contributed by atoms with Crippen LogP contribution in [0.3, 0.4) is 0 Å². The SMILES string of the molecule is O=C1CCCN1CC(NCC(O)c1ccccc1)c1ccccc1. The summed E-state index contributed by atoms with van der Waals surface area (Å²) >= 11 is 0. The molecule has 0 aromatic heterocycles. The Bertz CT molecular complexity index is 645. The van der Waals surface area contributed by atoms with E-state index in [1.807, 2.05) is 53.4 Å². The van der Waals surface area contributed by atoms with Gasteiger partial charge in [-0.1, -0.05) is 60.7 Å². The lowest BCUT2D eigenvalue weighted by atomic mass is 10.0. The van der Waals surface area contributed by atoms with Gasteiger partial charge in [0.15, 0.2) is 0 Å². The second kappa shape index (κ2) is 8.08. The van der Waals surface area contributed by atoms with Crippen molar-refractivity contribution in [2.75, 3.05) is 19.6 Å². The van der Waals surface area contributed by atoms with Crippen LogP contribution in [0.4, 0.5) is 0 Å². The van der Waals surface area contributed by atoms with Crippen molar-refractivity contribution in [3.63, 3.8) is 0 Å². The van der Waals surface area contributed by atoms with Crippen molar-refractivity contribution in [3.05, 3.63) is 71.8 Å². The van der Waals surface area contributed by atoms with E-state index in [4.69, 9.17) is 0 Å². The molecule has 1 aliphatic heterocycles. The van der Waals surface area contributed by atoms with Gasteiger partial charge >= 0.3 is 0 Å². The van der Waals surface area contributed by atoms with Gasteiger partial charge in [0.2, 0.25) is 5.91 Å². The Morgan fingerprint density at radius 1 is 1.00 bits per heavy atom. The Morgan fingerprint density at radius 3 is 2.21 bits per heavy atom. The molecule has 126 valence electrons. The number of rotatable bonds is 7. The third-order valence-electron chi connectivity index (χ3n) is 4.52. The first kappa shape index (κ1) is 16.7. The van der Waals surface area contributed by atoms with Gasteiger partial charge in [0.1, 0.15) is 0 Å². The van der Waals surface area contributed by atoms with Crippen molar-refractivity contribution in [3.8, 4) is 0 Å². The average molecular weight is 324 g/mol. The van der Waals surface area contributed by atoms with Crippen molar-refractivity contribution in [1.82, 2.24) is 10.2 Å². The maximum atomic E-state index is 11.9. The fourth-order valence-corrected chi connectivity index (χ4v) is 3.14.